The molecule has 0 radical (unpaired) electrons. The minimum absolute atomic E-state index is 0.674. The number of hydrogen-bond acceptors (Lipinski definition) is 3. The van der Waals surface area contributed by atoms with E-state index in [-0.39, 0.29) is 0 Å². The molecule has 0 atom stereocenters. The molecule has 438 valence electrons. The lowest BCUT2D eigenvalue weighted by Crippen LogP contribution is -2.19. The van der Waals surface area contributed by atoms with E-state index in [4.69, 9.17) is 6.58 Å². The number of nitrogens with zero attached hydrogens (tertiary/aromatic N) is 4. The molecule has 0 N–H and O–H groups in total. The van der Waals surface area contributed by atoms with E-state index in [9.17, 15) is 0 Å². The number of benzene rings is 14. The highest BCUT2D eigenvalue weighted by Crippen LogP contribution is 2.46. The van der Waals surface area contributed by atoms with Gasteiger partial charge in [-0.1, -0.05) is 261 Å². The van der Waals surface area contributed by atoms with E-state index in [1.165, 1.54) is 65.8 Å². The van der Waals surface area contributed by atoms with Gasteiger partial charge in [-0.3, -0.25) is 0 Å². The molecule has 0 amide bonds. The van der Waals surface area contributed by atoms with Crippen molar-refractivity contribution in [3.8, 4) is 39.1 Å². The first kappa shape index (κ1) is 56.5. The normalized spacial score (nSPS) is 13.1. The van der Waals surface area contributed by atoms with Crippen LogP contribution in [-0.4, -0.2) is 18.2 Å². The second-order valence-corrected chi connectivity index (χ2v) is 23.4. The van der Waals surface area contributed by atoms with Crippen LogP contribution in [0.2, 0.25) is 0 Å². The molecule has 4 heteroatoms. The first-order valence-electron chi connectivity index (χ1n) is 31.5. The Balaban J connectivity index is 0.000000638. The van der Waals surface area contributed by atoms with Gasteiger partial charge in [-0.15, -0.1) is 0 Å². The molecule has 92 heavy (non-hydrogen) atoms. The molecule has 1 aliphatic rings. The smallest absolute Gasteiger partial charge is 0.0542 e. The zero-order valence-corrected chi connectivity index (χ0v) is 51.3. The van der Waals surface area contributed by atoms with Crippen molar-refractivity contribution in [1.29, 1.82) is 0 Å². The molecule has 0 unspecified atom stereocenters. The van der Waals surface area contributed by atoms with Gasteiger partial charge in [0.2, 0.25) is 0 Å². The van der Waals surface area contributed by atoms with E-state index in [1.807, 2.05) is 0 Å². The largest absolute Gasteiger partial charge is 0.345 e. The van der Waals surface area contributed by atoms with E-state index in [0.717, 1.165) is 78.7 Å². The van der Waals surface area contributed by atoms with Crippen LogP contribution in [0.4, 0.5) is 39.8 Å². The van der Waals surface area contributed by atoms with Crippen LogP contribution in [0.1, 0.15) is 11.1 Å². The Morgan fingerprint density at radius 1 is 0.337 bits per heavy atom. The van der Waals surface area contributed by atoms with Crippen LogP contribution in [0.15, 0.2) is 365 Å². The van der Waals surface area contributed by atoms with Gasteiger partial charge in [0.25, 0.3) is 0 Å². The molecule has 2 heterocycles. The van der Waals surface area contributed by atoms with Crippen molar-refractivity contribution in [3.63, 3.8) is 0 Å². The highest BCUT2D eigenvalue weighted by molar-refractivity contribution is 6.12. The van der Waals surface area contributed by atoms with Gasteiger partial charge in [-0.2, -0.15) is 0 Å². The molecule has 0 saturated carbocycles. The van der Waals surface area contributed by atoms with Gasteiger partial charge in [0.1, 0.15) is 0 Å². The van der Waals surface area contributed by atoms with E-state index < -0.39 is 0 Å². The van der Waals surface area contributed by atoms with Crippen LogP contribution >= 0.6 is 0 Å². The quantitative estimate of drug-likeness (QED) is 0.128. The Kier molecular flexibility index (Phi) is 15.5. The Bertz CT molecular complexity index is 5130. The Morgan fingerprint density at radius 2 is 0.793 bits per heavy atom. The lowest BCUT2D eigenvalue weighted by Gasteiger charge is -2.31. The van der Waals surface area contributed by atoms with Gasteiger partial charge in [0.15, 0.2) is 0 Å². The van der Waals surface area contributed by atoms with Crippen LogP contribution < -0.4 is 14.7 Å². The fourth-order valence-corrected chi connectivity index (χ4v) is 13.1. The number of hydrogen-bond donors (Lipinski definition) is 0. The fraction of sp³-hybridized carbons (Fsp3) is 0.0227. The molecule has 16 rings (SSSR count). The Morgan fingerprint density at radius 3 is 1.43 bits per heavy atom. The third-order valence-corrected chi connectivity index (χ3v) is 17.8. The molecule has 1 aromatic heterocycles. The summed E-state index contributed by atoms with van der Waals surface area (Å²) in [5.74, 6) is 0. The number of allylic oxidation sites excluding steroid dienone is 4. The second kappa shape index (κ2) is 25.3. The van der Waals surface area contributed by atoms with E-state index in [1.54, 1.807) is 0 Å². The molecule has 1 aliphatic heterocycles. The lowest BCUT2D eigenvalue weighted by atomic mass is 9.96. The monoisotopic (exact) mass is 1180 g/mol. The van der Waals surface area contributed by atoms with Crippen molar-refractivity contribution < 1.29 is 0 Å². The molecule has 0 saturated heterocycles. The molecule has 0 fully saturated rings. The highest BCUT2D eigenvalue weighted by atomic mass is 15.2. The second-order valence-electron chi connectivity index (χ2n) is 23.4. The topological polar surface area (TPSA) is 14.7 Å². The van der Waals surface area contributed by atoms with Crippen molar-refractivity contribution in [2.75, 3.05) is 28.3 Å². The summed E-state index contributed by atoms with van der Waals surface area (Å²) < 4.78 is 2.40. The van der Waals surface area contributed by atoms with E-state index in [0.29, 0.717) is 6.54 Å². The fourth-order valence-electron chi connectivity index (χ4n) is 13.1. The van der Waals surface area contributed by atoms with E-state index >= 15 is 0 Å². The molecular weight excluding hydrogens is 1110 g/mol. The minimum atomic E-state index is 0.674. The summed E-state index contributed by atoms with van der Waals surface area (Å²) in [7, 11) is 2.18. The zero-order valence-electron chi connectivity index (χ0n) is 51.3. The Hall–Kier alpha value is -12.0. The molecule has 0 bridgehead atoms. The predicted octanol–water partition coefficient (Wildman–Crippen LogP) is 23.8. The van der Waals surface area contributed by atoms with Gasteiger partial charge < -0.3 is 19.3 Å². The molecule has 14 aromatic carbocycles. The summed E-state index contributed by atoms with van der Waals surface area (Å²) in [6, 6.07) is 122. The minimum Gasteiger partial charge on any atom is -0.345 e. The van der Waals surface area contributed by atoms with Gasteiger partial charge >= 0.3 is 0 Å². The maximum Gasteiger partial charge on any atom is 0.0542 e. The number of fused-ring (bicyclic) bond motifs is 6. The maximum absolute atomic E-state index is 4.86. The summed E-state index contributed by atoms with van der Waals surface area (Å²) in [6.45, 7) is 5.54. The van der Waals surface area contributed by atoms with Crippen molar-refractivity contribution in [3.05, 3.63) is 376 Å². The van der Waals surface area contributed by atoms with Crippen LogP contribution in [0, 0.1) is 0 Å². The molecule has 4 nitrogen and oxygen atoms in total. The standard InChI is InChI=1S/C78H58N4.C10H8/c1-55-50-63(60-39-35-58(36-40-60)56-20-7-3-8-21-56)26-19-49-80(65-27-11-5-12-28-65)75-47-45-70(54-72(55)75)81(76-34-17-25-62-24-15-16-33-71(62)76)69-32-18-31-67(52-69)79(2)68-44-48-78-74(53-68)73-51-64(43-46-77(73)82(78)66-29-13-6-14-30-66)61-41-37-59(38-42-61)57-22-9-4-10-23-57;1-2-6-10-8-4-3-7-9(10)5-1/h3-48,50-54H,1,49H2,2H3;1-8H/b26-19-,63-50+;. The van der Waals surface area contributed by atoms with E-state index in [2.05, 4.69) is 384 Å². The predicted molar refractivity (Wildman–Crippen MR) is 394 cm³/mol. The summed E-state index contributed by atoms with van der Waals surface area (Å²) in [5.41, 5.74) is 22.4. The average molecular weight is 1180 g/mol. The average Bonchev–Trinajstić information content (AvgIpc) is 1.54. The van der Waals surface area contributed by atoms with Crippen LogP contribution in [-0.2, 0) is 0 Å². The SMILES string of the molecule is C=C1/C=C(c2ccc(-c3ccccc3)cc2)\C=C/CN(c2ccccc2)c2ccc(N(c3cccc(N(C)c4ccc5c(c4)c4cc(-c6ccc(-c7ccccc7)cc6)ccc4n5-c4ccccc4)c3)c3cccc4ccccc34)cc21.c1ccc2ccccc2c1. The van der Waals surface area contributed by atoms with Gasteiger partial charge in [0.05, 0.1) is 16.7 Å². The number of para-hydroxylation sites is 2. The lowest BCUT2D eigenvalue weighted by molar-refractivity contribution is 1.09. The molecular formula is C88H66N4. The summed E-state index contributed by atoms with van der Waals surface area (Å²) in [6.07, 6.45) is 6.77. The third kappa shape index (κ3) is 11.3. The Labute approximate surface area is 538 Å². The van der Waals surface area contributed by atoms with Crippen molar-refractivity contribution in [2.45, 2.75) is 0 Å². The first-order valence-corrected chi connectivity index (χ1v) is 31.5. The van der Waals surface area contributed by atoms with Gasteiger partial charge in [0, 0.05) is 75.1 Å². The van der Waals surface area contributed by atoms with Crippen molar-refractivity contribution in [2.24, 2.45) is 0 Å². The number of anilines is 7. The highest BCUT2D eigenvalue weighted by Gasteiger charge is 2.23. The number of aromatic nitrogens is 1. The third-order valence-electron chi connectivity index (χ3n) is 17.8. The van der Waals surface area contributed by atoms with Crippen LogP contribution in [0.5, 0.6) is 0 Å². The summed E-state index contributed by atoms with van der Waals surface area (Å²) in [4.78, 5) is 7.13. The molecule has 15 aromatic rings. The van der Waals surface area contributed by atoms with Crippen molar-refractivity contribution >= 4 is 94.3 Å². The zero-order chi connectivity index (χ0) is 61.7. The molecule has 0 spiro atoms. The van der Waals surface area contributed by atoms with Gasteiger partial charge in [-0.25, -0.2) is 0 Å². The van der Waals surface area contributed by atoms with Crippen LogP contribution in [0.25, 0.3) is 93.6 Å². The summed E-state index contributed by atoms with van der Waals surface area (Å²) in [5, 5.41) is 7.35. The molecule has 0 aliphatic carbocycles. The first-order chi connectivity index (χ1) is 45.5. The number of rotatable bonds is 11. The van der Waals surface area contributed by atoms with Gasteiger partial charge in [-0.05, 0) is 169 Å². The van der Waals surface area contributed by atoms with Crippen LogP contribution in [0.3, 0.4) is 0 Å². The maximum atomic E-state index is 4.86. The summed E-state index contributed by atoms with van der Waals surface area (Å²) >= 11 is 0. The van der Waals surface area contributed by atoms with Crippen molar-refractivity contribution in [1.82, 2.24) is 4.57 Å².